The summed E-state index contributed by atoms with van der Waals surface area (Å²) in [5, 5.41) is 13.8. The summed E-state index contributed by atoms with van der Waals surface area (Å²) in [6, 6.07) is -0.0350. The Bertz CT molecular complexity index is 540. The molecule has 11 heteroatoms. The molecule has 23 heavy (non-hydrogen) atoms. The second-order valence-corrected chi connectivity index (χ2v) is 4.69. The average molecular weight is 380 g/mol. The summed E-state index contributed by atoms with van der Waals surface area (Å²) in [6.45, 7) is 0.848. The largest absolute Gasteiger partial charge is 0.408 e. The molecule has 0 aromatic heterocycles. The normalized spacial score (nSPS) is 16.9. The van der Waals surface area contributed by atoms with Gasteiger partial charge in [0.1, 0.15) is 11.9 Å². The van der Waals surface area contributed by atoms with Crippen LogP contribution in [-0.4, -0.2) is 42.2 Å². The smallest absolute Gasteiger partial charge is 0.314 e. The predicted octanol–water partition coefficient (Wildman–Crippen LogP) is 3.09. The first kappa shape index (κ1) is 21.8. The van der Waals surface area contributed by atoms with E-state index >= 15 is 0 Å². The van der Waals surface area contributed by atoms with Gasteiger partial charge in [0.05, 0.1) is 10.5 Å². The molecule has 1 aromatic rings. The van der Waals surface area contributed by atoms with Crippen LogP contribution in [0, 0.1) is 15.9 Å². The van der Waals surface area contributed by atoms with Gasteiger partial charge < -0.3 is 5.32 Å². The number of halogens is 6. The van der Waals surface area contributed by atoms with Crippen LogP contribution in [0.1, 0.15) is 11.6 Å². The number of rotatable bonds is 3. The second-order valence-electron chi connectivity index (χ2n) is 4.69. The molecule has 1 N–H and O–H groups in total. The number of nitro benzene ring substituents is 1. The van der Waals surface area contributed by atoms with Crippen LogP contribution >= 0.6 is 24.8 Å². The molecule has 0 aliphatic carbocycles. The van der Waals surface area contributed by atoms with Crippen molar-refractivity contribution < 1.29 is 22.5 Å². The highest BCUT2D eigenvalue weighted by Gasteiger charge is 2.47. The molecule has 0 unspecified atom stereocenters. The summed E-state index contributed by atoms with van der Waals surface area (Å²) >= 11 is 0. The fourth-order valence-electron chi connectivity index (χ4n) is 2.43. The first-order chi connectivity index (χ1) is 9.80. The van der Waals surface area contributed by atoms with Crippen molar-refractivity contribution in [2.45, 2.75) is 12.2 Å². The lowest BCUT2D eigenvalue weighted by Crippen LogP contribution is -2.49. The van der Waals surface area contributed by atoms with Gasteiger partial charge in [0.2, 0.25) is 0 Å². The minimum atomic E-state index is -4.73. The number of nitrogens with zero attached hydrogens (tertiary/aromatic N) is 2. The number of alkyl halides is 3. The highest BCUT2D eigenvalue weighted by molar-refractivity contribution is 5.85. The Morgan fingerprint density at radius 1 is 1.22 bits per heavy atom. The summed E-state index contributed by atoms with van der Waals surface area (Å²) in [5.74, 6) is -0.931. The summed E-state index contributed by atoms with van der Waals surface area (Å²) in [4.78, 5) is 11.1. The van der Waals surface area contributed by atoms with Gasteiger partial charge in [0, 0.05) is 32.2 Å². The van der Waals surface area contributed by atoms with E-state index in [1.165, 1.54) is 0 Å². The molecule has 1 aliphatic rings. The Labute approximate surface area is 142 Å². The topological polar surface area (TPSA) is 58.4 Å². The molecular formula is C12H15Cl2F4N3O2. The summed E-state index contributed by atoms with van der Waals surface area (Å²) in [7, 11) is 0. The predicted molar refractivity (Wildman–Crippen MR) is 80.8 cm³/mol. The van der Waals surface area contributed by atoms with E-state index in [9.17, 15) is 27.7 Å². The lowest BCUT2D eigenvalue weighted by molar-refractivity contribution is -0.386. The molecule has 1 heterocycles. The molecular weight excluding hydrogens is 365 g/mol. The monoisotopic (exact) mass is 379 g/mol. The first-order valence-corrected chi connectivity index (χ1v) is 6.26. The molecule has 0 amide bonds. The summed E-state index contributed by atoms with van der Waals surface area (Å²) < 4.78 is 53.4. The standard InChI is InChI=1S/C12H13F4N3O2.2ClH/c13-8-1-2-10(19(20)21)9(7-8)11(12(14,15)16)18-5-3-17-4-6-18;;/h1-2,7,11,17H,3-6H2;2*1H/t11-;;/m1../s1. The van der Waals surface area contributed by atoms with Crippen LogP contribution in [-0.2, 0) is 0 Å². The number of nitrogens with one attached hydrogen (secondary N) is 1. The Morgan fingerprint density at radius 2 is 1.78 bits per heavy atom. The van der Waals surface area contributed by atoms with Crippen molar-refractivity contribution in [1.29, 1.82) is 0 Å². The van der Waals surface area contributed by atoms with Crippen LogP contribution in [0.3, 0.4) is 0 Å². The Balaban J connectivity index is 0.00000242. The van der Waals surface area contributed by atoms with Crippen LogP contribution in [0.5, 0.6) is 0 Å². The van der Waals surface area contributed by atoms with Crippen molar-refractivity contribution in [3.8, 4) is 0 Å². The highest BCUT2D eigenvalue weighted by atomic mass is 35.5. The van der Waals surface area contributed by atoms with E-state index < -0.39 is 34.2 Å². The van der Waals surface area contributed by atoms with Crippen molar-refractivity contribution in [2.75, 3.05) is 26.2 Å². The fraction of sp³-hybridized carbons (Fsp3) is 0.500. The zero-order chi connectivity index (χ0) is 15.6. The lowest BCUT2D eigenvalue weighted by atomic mass is 10.0. The third-order valence-electron chi connectivity index (χ3n) is 3.31. The van der Waals surface area contributed by atoms with Crippen LogP contribution in [0.25, 0.3) is 0 Å². The van der Waals surface area contributed by atoms with E-state index in [1.54, 1.807) is 0 Å². The van der Waals surface area contributed by atoms with Crippen LogP contribution in [0.15, 0.2) is 18.2 Å². The molecule has 132 valence electrons. The first-order valence-electron chi connectivity index (χ1n) is 6.26. The molecule has 0 bridgehead atoms. The quantitative estimate of drug-likeness (QED) is 0.498. The van der Waals surface area contributed by atoms with Crippen molar-refractivity contribution in [3.63, 3.8) is 0 Å². The minimum absolute atomic E-state index is 0. The summed E-state index contributed by atoms with van der Waals surface area (Å²) in [6.07, 6.45) is -4.73. The van der Waals surface area contributed by atoms with E-state index in [0.717, 1.165) is 17.0 Å². The molecule has 5 nitrogen and oxygen atoms in total. The Kier molecular flexibility index (Phi) is 8.19. The van der Waals surface area contributed by atoms with Gasteiger partial charge in [0.15, 0.2) is 0 Å². The SMILES string of the molecule is Cl.Cl.O=[N+]([O-])c1ccc(F)cc1[C@@H](N1CCNCC1)C(F)(F)F. The zero-order valence-corrected chi connectivity index (χ0v) is 13.3. The molecule has 1 atom stereocenters. The van der Waals surface area contributed by atoms with Gasteiger partial charge in [0.25, 0.3) is 5.69 Å². The Hall–Kier alpha value is -1.16. The number of benzene rings is 1. The van der Waals surface area contributed by atoms with Crippen LogP contribution < -0.4 is 5.32 Å². The molecule has 0 spiro atoms. The molecule has 1 aromatic carbocycles. The maximum absolute atomic E-state index is 13.4. The van der Waals surface area contributed by atoms with Crippen LogP contribution in [0.4, 0.5) is 23.2 Å². The van der Waals surface area contributed by atoms with Gasteiger partial charge in [-0.15, -0.1) is 24.8 Å². The van der Waals surface area contributed by atoms with Crippen LogP contribution in [0.2, 0.25) is 0 Å². The third-order valence-corrected chi connectivity index (χ3v) is 3.31. The second kappa shape index (κ2) is 8.62. The lowest BCUT2D eigenvalue weighted by Gasteiger charge is -2.35. The minimum Gasteiger partial charge on any atom is -0.314 e. The van der Waals surface area contributed by atoms with Gasteiger partial charge >= 0.3 is 6.18 Å². The number of nitro groups is 1. The average Bonchev–Trinajstić information content (AvgIpc) is 2.38. The molecule has 2 rings (SSSR count). The third kappa shape index (κ3) is 5.17. The zero-order valence-electron chi connectivity index (χ0n) is 11.7. The van der Waals surface area contributed by atoms with Crippen molar-refractivity contribution in [1.82, 2.24) is 10.2 Å². The maximum Gasteiger partial charge on any atom is 0.408 e. The van der Waals surface area contributed by atoms with Gasteiger partial charge in [-0.1, -0.05) is 0 Å². The van der Waals surface area contributed by atoms with E-state index in [0.29, 0.717) is 19.2 Å². The molecule has 1 aliphatic heterocycles. The van der Waals surface area contributed by atoms with Crippen molar-refractivity contribution in [2.24, 2.45) is 0 Å². The summed E-state index contributed by atoms with van der Waals surface area (Å²) in [5.41, 5.74) is -1.38. The highest BCUT2D eigenvalue weighted by Crippen LogP contribution is 2.41. The number of hydrogen-bond donors (Lipinski definition) is 1. The van der Waals surface area contributed by atoms with E-state index in [2.05, 4.69) is 5.32 Å². The molecule has 1 saturated heterocycles. The maximum atomic E-state index is 13.4. The van der Waals surface area contributed by atoms with E-state index in [-0.39, 0.29) is 37.9 Å². The van der Waals surface area contributed by atoms with Gasteiger partial charge in [-0.2, -0.15) is 13.2 Å². The van der Waals surface area contributed by atoms with E-state index in [1.807, 2.05) is 0 Å². The fourth-order valence-corrected chi connectivity index (χ4v) is 2.43. The molecule has 1 fully saturated rings. The number of hydrogen-bond acceptors (Lipinski definition) is 4. The molecule has 0 radical (unpaired) electrons. The van der Waals surface area contributed by atoms with Gasteiger partial charge in [-0.05, 0) is 12.1 Å². The van der Waals surface area contributed by atoms with Crippen molar-refractivity contribution >= 4 is 30.5 Å². The Morgan fingerprint density at radius 3 is 2.26 bits per heavy atom. The van der Waals surface area contributed by atoms with E-state index in [4.69, 9.17) is 0 Å². The van der Waals surface area contributed by atoms with Crippen molar-refractivity contribution in [3.05, 3.63) is 39.7 Å². The number of piperazine rings is 1. The van der Waals surface area contributed by atoms with Gasteiger partial charge in [-0.3, -0.25) is 15.0 Å². The van der Waals surface area contributed by atoms with Gasteiger partial charge in [-0.25, -0.2) is 4.39 Å². The molecule has 0 saturated carbocycles.